The molecular weight excluding hydrogens is 262 g/mol. The van der Waals surface area contributed by atoms with Gasteiger partial charge in [0, 0.05) is 11.1 Å². The average Bonchev–Trinajstić information content (AvgIpc) is 2.25. The van der Waals surface area contributed by atoms with Crippen LogP contribution >= 0.6 is 11.6 Å². The Morgan fingerprint density at radius 1 is 1.41 bits per heavy atom. The molecule has 6 heteroatoms. The lowest BCUT2D eigenvalue weighted by Gasteiger charge is -2.19. The van der Waals surface area contributed by atoms with Gasteiger partial charge in [-0.25, -0.2) is 13.1 Å². The van der Waals surface area contributed by atoms with E-state index in [-0.39, 0.29) is 17.4 Å². The van der Waals surface area contributed by atoms with Crippen molar-refractivity contribution < 1.29 is 13.5 Å². The summed E-state index contributed by atoms with van der Waals surface area (Å²) in [6.07, 6.45) is 0. The summed E-state index contributed by atoms with van der Waals surface area (Å²) < 4.78 is 26.4. The molecule has 0 aliphatic carbocycles. The second-order valence-electron chi connectivity index (χ2n) is 4.11. The molecule has 1 aromatic carbocycles. The third-order valence-electron chi connectivity index (χ3n) is 2.41. The van der Waals surface area contributed by atoms with E-state index in [9.17, 15) is 8.42 Å². The fourth-order valence-corrected chi connectivity index (χ4v) is 2.96. The Morgan fingerprint density at radius 3 is 2.53 bits per heavy atom. The van der Waals surface area contributed by atoms with Crippen LogP contribution in [-0.4, -0.2) is 26.2 Å². The van der Waals surface area contributed by atoms with Gasteiger partial charge in [-0.2, -0.15) is 0 Å². The van der Waals surface area contributed by atoms with Gasteiger partial charge in [0.2, 0.25) is 10.0 Å². The molecule has 2 N–H and O–H groups in total. The molecule has 1 unspecified atom stereocenters. The first-order chi connectivity index (χ1) is 7.86. The van der Waals surface area contributed by atoms with Gasteiger partial charge < -0.3 is 5.11 Å². The molecule has 0 spiro atoms. The summed E-state index contributed by atoms with van der Waals surface area (Å²) in [5.41, 5.74) is 0. The summed E-state index contributed by atoms with van der Waals surface area (Å²) in [6.45, 7) is 3.43. The normalized spacial score (nSPS) is 13.9. The van der Waals surface area contributed by atoms with E-state index < -0.39 is 16.1 Å². The maximum absolute atomic E-state index is 12.0. The van der Waals surface area contributed by atoms with E-state index in [1.54, 1.807) is 12.1 Å². The predicted molar refractivity (Wildman–Crippen MR) is 67.5 cm³/mol. The zero-order valence-corrected chi connectivity index (χ0v) is 11.3. The molecule has 0 aliphatic rings. The van der Waals surface area contributed by atoms with E-state index in [2.05, 4.69) is 4.72 Å². The number of hydrogen-bond donors (Lipinski definition) is 2. The third-order valence-corrected chi connectivity index (χ3v) is 4.14. The molecule has 1 aromatic rings. The Hall–Kier alpha value is -0.620. The molecular formula is C11H16ClNO3S. The van der Waals surface area contributed by atoms with Crippen molar-refractivity contribution in [1.29, 1.82) is 0 Å². The molecule has 0 radical (unpaired) electrons. The highest BCUT2D eigenvalue weighted by atomic mass is 35.5. The number of aliphatic hydroxyl groups is 1. The van der Waals surface area contributed by atoms with Gasteiger partial charge in [0.15, 0.2) is 0 Å². The highest BCUT2D eigenvalue weighted by molar-refractivity contribution is 7.89. The van der Waals surface area contributed by atoms with Gasteiger partial charge in [0.25, 0.3) is 0 Å². The molecule has 0 saturated heterocycles. The number of benzene rings is 1. The Labute approximate surface area is 107 Å². The van der Waals surface area contributed by atoms with Gasteiger partial charge >= 0.3 is 0 Å². The molecule has 1 atom stereocenters. The van der Waals surface area contributed by atoms with E-state index in [1.165, 1.54) is 12.1 Å². The first-order valence-electron chi connectivity index (χ1n) is 5.25. The second-order valence-corrected chi connectivity index (χ2v) is 6.26. The van der Waals surface area contributed by atoms with Gasteiger partial charge in [0.1, 0.15) is 0 Å². The Balaban J connectivity index is 2.96. The zero-order valence-electron chi connectivity index (χ0n) is 9.72. The fraction of sp³-hybridized carbons (Fsp3) is 0.455. The van der Waals surface area contributed by atoms with E-state index in [0.29, 0.717) is 5.02 Å². The van der Waals surface area contributed by atoms with Crippen LogP contribution in [0.4, 0.5) is 0 Å². The fourth-order valence-electron chi connectivity index (χ4n) is 1.29. The second kappa shape index (κ2) is 5.82. The van der Waals surface area contributed by atoms with Crippen LogP contribution in [0, 0.1) is 5.92 Å². The first-order valence-corrected chi connectivity index (χ1v) is 7.11. The number of sulfonamides is 1. The smallest absolute Gasteiger partial charge is 0.240 e. The molecule has 0 heterocycles. The highest BCUT2D eigenvalue weighted by Gasteiger charge is 2.21. The molecule has 96 valence electrons. The van der Waals surface area contributed by atoms with Crippen molar-refractivity contribution in [1.82, 2.24) is 4.72 Å². The number of aliphatic hydroxyl groups excluding tert-OH is 1. The van der Waals surface area contributed by atoms with Crippen LogP contribution in [-0.2, 0) is 10.0 Å². The largest absolute Gasteiger partial charge is 0.395 e. The van der Waals surface area contributed by atoms with Crippen LogP contribution in [0.1, 0.15) is 13.8 Å². The summed E-state index contributed by atoms with van der Waals surface area (Å²) in [4.78, 5) is 0.101. The number of nitrogens with one attached hydrogen (secondary N) is 1. The summed E-state index contributed by atoms with van der Waals surface area (Å²) >= 11 is 5.74. The lowest BCUT2D eigenvalue weighted by molar-refractivity contribution is 0.227. The average molecular weight is 278 g/mol. The molecule has 4 nitrogen and oxygen atoms in total. The Morgan fingerprint density at radius 2 is 2.06 bits per heavy atom. The minimum atomic E-state index is -3.63. The summed E-state index contributed by atoms with van der Waals surface area (Å²) in [6, 6.07) is 5.51. The van der Waals surface area contributed by atoms with Crippen molar-refractivity contribution in [3.8, 4) is 0 Å². The quantitative estimate of drug-likeness (QED) is 0.860. The lowest BCUT2D eigenvalue weighted by Crippen LogP contribution is -2.41. The molecule has 0 aromatic heterocycles. The molecule has 0 aliphatic heterocycles. The summed E-state index contributed by atoms with van der Waals surface area (Å²) in [5, 5.41) is 9.47. The third kappa shape index (κ3) is 3.96. The first kappa shape index (κ1) is 14.4. The van der Waals surface area contributed by atoms with Crippen molar-refractivity contribution >= 4 is 21.6 Å². The summed E-state index contributed by atoms with van der Waals surface area (Å²) in [5.74, 6) is 0.00830. The molecule has 0 bridgehead atoms. The molecule has 17 heavy (non-hydrogen) atoms. The van der Waals surface area contributed by atoms with Gasteiger partial charge in [-0.05, 0) is 24.1 Å². The highest BCUT2D eigenvalue weighted by Crippen LogP contribution is 2.16. The molecule has 0 saturated carbocycles. The molecule has 1 rings (SSSR count). The van der Waals surface area contributed by atoms with Crippen molar-refractivity contribution in [3.05, 3.63) is 29.3 Å². The van der Waals surface area contributed by atoms with Gasteiger partial charge in [-0.15, -0.1) is 0 Å². The maximum atomic E-state index is 12.0. The zero-order chi connectivity index (χ0) is 13.1. The van der Waals surface area contributed by atoms with Gasteiger partial charge in [-0.1, -0.05) is 31.5 Å². The van der Waals surface area contributed by atoms with Gasteiger partial charge in [0.05, 0.1) is 11.5 Å². The minimum Gasteiger partial charge on any atom is -0.395 e. The van der Waals surface area contributed by atoms with Crippen LogP contribution in [0.15, 0.2) is 29.2 Å². The number of rotatable bonds is 5. The Bertz CT molecular complexity index is 473. The summed E-state index contributed by atoms with van der Waals surface area (Å²) in [7, 11) is -3.63. The van der Waals surface area contributed by atoms with Crippen molar-refractivity contribution in [3.63, 3.8) is 0 Å². The standard InChI is InChI=1S/C11H16ClNO3S/c1-8(2)11(7-14)13-17(15,16)10-5-3-4-9(12)6-10/h3-6,8,11,13-14H,7H2,1-2H3. The number of halogens is 1. The van der Waals surface area contributed by atoms with E-state index in [1.807, 2.05) is 13.8 Å². The predicted octanol–water partition coefficient (Wildman–Crippen LogP) is 1.64. The lowest BCUT2D eigenvalue weighted by atomic mass is 10.1. The molecule has 0 fully saturated rings. The van der Waals surface area contributed by atoms with E-state index in [0.717, 1.165) is 0 Å². The van der Waals surface area contributed by atoms with Crippen LogP contribution in [0.2, 0.25) is 5.02 Å². The van der Waals surface area contributed by atoms with Crippen molar-refractivity contribution in [2.75, 3.05) is 6.61 Å². The topological polar surface area (TPSA) is 66.4 Å². The van der Waals surface area contributed by atoms with Crippen LogP contribution < -0.4 is 4.72 Å². The maximum Gasteiger partial charge on any atom is 0.240 e. The Kier molecular flexibility index (Phi) is 4.94. The monoisotopic (exact) mass is 277 g/mol. The van der Waals surface area contributed by atoms with Crippen molar-refractivity contribution in [2.24, 2.45) is 5.92 Å². The van der Waals surface area contributed by atoms with Gasteiger partial charge in [-0.3, -0.25) is 0 Å². The van der Waals surface area contributed by atoms with Crippen molar-refractivity contribution in [2.45, 2.75) is 24.8 Å². The molecule has 0 amide bonds. The van der Waals surface area contributed by atoms with Crippen LogP contribution in [0.3, 0.4) is 0 Å². The van der Waals surface area contributed by atoms with E-state index in [4.69, 9.17) is 16.7 Å². The van der Waals surface area contributed by atoms with E-state index >= 15 is 0 Å². The SMILES string of the molecule is CC(C)C(CO)NS(=O)(=O)c1cccc(Cl)c1. The van der Waals surface area contributed by atoms with Crippen LogP contribution in [0.5, 0.6) is 0 Å². The minimum absolute atomic E-state index is 0.00830. The number of hydrogen-bond acceptors (Lipinski definition) is 3. The van der Waals surface area contributed by atoms with Crippen LogP contribution in [0.25, 0.3) is 0 Å².